The van der Waals surface area contributed by atoms with Crippen molar-refractivity contribution < 1.29 is 14.3 Å². The normalized spacial score (nSPS) is 10.9. The molecule has 5 aromatic rings. The van der Waals surface area contributed by atoms with Crippen LogP contribution in [0, 0.1) is 13.8 Å². The number of aromatic nitrogens is 6. The Bertz CT molecular complexity index is 1590. The zero-order valence-corrected chi connectivity index (χ0v) is 20.8. The van der Waals surface area contributed by atoms with Crippen LogP contribution in [-0.2, 0) is 0 Å². The molecule has 1 amide bonds. The number of carbonyl (C=O) groups excluding carboxylic acids is 1. The number of nitrogens with one attached hydrogen (secondary N) is 1. The average Bonchev–Trinajstić information content (AvgIpc) is 3.30. The molecule has 0 aliphatic carbocycles. The van der Waals surface area contributed by atoms with Crippen molar-refractivity contribution in [2.75, 3.05) is 19.5 Å². The maximum Gasteiger partial charge on any atom is 0.259 e. The molecule has 5 aromatic heterocycles. The van der Waals surface area contributed by atoms with E-state index >= 15 is 0 Å². The minimum absolute atomic E-state index is 0.347. The number of aryl methyl sites for hydroxylation is 2. The fraction of sp³-hybridized carbons (Fsp3) is 0.160. The van der Waals surface area contributed by atoms with Crippen molar-refractivity contribution in [2.24, 2.45) is 0 Å². The lowest BCUT2D eigenvalue weighted by atomic mass is 9.99. The molecular formula is C25H21N7O3S. The number of hydrogen-bond donors (Lipinski definition) is 1. The highest BCUT2D eigenvalue weighted by Crippen LogP contribution is 2.33. The number of carbonyl (C=O) groups is 1. The molecule has 0 fully saturated rings. The molecule has 0 atom stereocenters. The molecule has 0 unspecified atom stereocenters. The van der Waals surface area contributed by atoms with Crippen LogP contribution in [0.1, 0.15) is 21.7 Å². The predicted molar refractivity (Wildman–Crippen MR) is 136 cm³/mol. The largest absolute Gasteiger partial charge is 0.494 e. The third-order valence-electron chi connectivity index (χ3n) is 5.37. The summed E-state index contributed by atoms with van der Waals surface area (Å²) in [5, 5.41) is 3.28. The molecule has 0 spiro atoms. The van der Waals surface area contributed by atoms with Gasteiger partial charge in [0.25, 0.3) is 5.91 Å². The monoisotopic (exact) mass is 499 g/mol. The summed E-state index contributed by atoms with van der Waals surface area (Å²) in [6.45, 7) is 3.75. The van der Waals surface area contributed by atoms with E-state index in [0.29, 0.717) is 44.1 Å². The van der Waals surface area contributed by atoms with Gasteiger partial charge >= 0.3 is 0 Å². The second kappa shape index (κ2) is 9.62. The third kappa shape index (κ3) is 4.56. The summed E-state index contributed by atoms with van der Waals surface area (Å²) >= 11 is 1.26. The maximum atomic E-state index is 13.3. The minimum atomic E-state index is -0.347. The van der Waals surface area contributed by atoms with Crippen LogP contribution in [0.15, 0.2) is 49.1 Å². The van der Waals surface area contributed by atoms with Gasteiger partial charge in [-0.3, -0.25) is 20.1 Å². The predicted octanol–water partition coefficient (Wildman–Crippen LogP) is 4.49. The van der Waals surface area contributed by atoms with Gasteiger partial charge in [-0.15, -0.1) is 0 Å². The summed E-state index contributed by atoms with van der Waals surface area (Å²) in [5.74, 6) is 1.23. The van der Waals surface area contributed by atoms with Crippen molar-refractivity contribution in [3.05, 3.63) is 66.0 Å². The van der Waals surface area contributed by atoms with Gasteiger partial charge in [-0.1, -0.05) is 11.3 Å². The number of amides is 1. The third-order valence-corrected chi connectivity index (χ3v) is 6.26. The van der Waals surface area contributed by atoms with Crippen LogP contribution in [0.5, 0.6) is 11.6 Å². The van der Waals surface area contributed by atoms with Crippen LogP contribution in [0.3, 0.4) is 0 Å². The molecule has 36 heavy (non-hydrogen) atoms. The van der Waals surface area contributed by atoms with Gasteiger partial charge in [0.2, 0.25) is 5.88 Å². The van der Waals surface area contributed by atoms with Crippen LogP contribution < -0.4 is 14.8 Å². The van der Waals surface area contributed by atoms with E-state index in [4.69, 9.17) is 9.47 Å². The molecule has 180 valence electrons. The Hall–Kier alpha value is -4.51. The van der Waals surface area contributed by atoms with E-state index in [9.17, 15) is 4.79 Å². The first-order valence-corrected chi connectivity index (χ1v) is 11.7. The molecule has 0 aliphatic heterocycles. The SMILES string of the molecule is COc1ccc(-c2ncc3nc(NC(=O)c4cnc(C)cc4-c4cc(C)ncc4OC)sc3n2)cn1. The van der Waals surface area contributed by atoms with Gasteiger partial charge in [0, 0.05) is 46.5 Å². The molecule has 5 heterocycles. The summed E-state index contributed by atoms with van der Waals surface area (Å²) in [5.41, 5.74) is 4.74. The maximum absolute atomic E-state index is 13.3. The summed E-state index contributed by atoms with van der Waals surface area (Å²) in [4.78, 5) is 40.2. The lowest BCUT2D eigenvalue weighted by Crippen LogP contribution is -2.14. The number of anilines is 1. The number of hydrogen-bond acceptors (Lipinski definition) is 10. The number of fused-ring (bicyclic) bond motifs is 1. The summed E-state index contributed by atoms with van der Waals surface area (Å²) in [6.07, 6.45) is 6.46. The van der Waals surface area contributed by atoms with Gasteiger partial charge in [-0.05, 0) is 32.0 Å². The number of ether oxygens (including phenoxy) is 2. The second-order valence-corrected chi connectivity index (χ2v) is 8.82. The van der Waals surface area contributed by atoms with Gasteiger partial charge in [0.1, 0.15) is 16.1 Å². The standard InChI is InChI=1S/C25H21N7O3S/c1-13-7-16(17-8-14(2)27-12-20(17)34-3)18(10-26-13)23(33)32-25-30-19-11-29-22(31-24(19)36-25)15-5-6-21(35-4)28-9-15/h5-12H,1-4H3,(H,30,32,33). The van der Waals surface area contributed by atoms with Crippen molar-refractivity contribution in [1.82, 2.24) is 29.9 Å². The Kier molecular flexibility index (Phi) is 6.21. The van der Waals surface area contributed by atoms with Crippen LogP contribution in [-0.4, -0.2) is 50.0 Å². The Morgan fingerprint density at radius 2 is 1.64 bits per heavy atom. The molecule has 10 nitrogen and oxygen atoms in total. The van der Waals surface area contributed by atoms with Crippen molar-refractivity contribution in [1.29, 1.82) is 0 Å². The lowest BCUT2D eigenvalue weighted by Gasteiger charge is -2.13. The molecule has 0 bridgehead atoms. The van der Waals surface area contributed by atoms with E-state index in [-0.39, 0.29) is 5.91 Å². The second-order valence-electron chi connectivity index (χ2n) is 7.84. The van der Waals surface area contributed by atoms with Crippen LogP contribution in [0.2, 0.25) is 0 Å². The van der Waals surface area contributed by atoms with Crippen molar-refractivity contribution in [3.8, 4) is 34.1 Å². The summed E-state index contributed by atoms with van der Waals surface area (Å²) < 4.78 is 10.6. The van der Waals surface area contributed by atoms with E-state index < -0.39 is 0 Å². The van der Waals surface area contributed by atoms with Crippen LogP contribution >= 0.6 is 11.3 Å². The number of methoxy groups -OCH3 is 2. The first kappa shape index (κ1) is 23.2. The molecule has 0 radical (unpaired) electrons. The highest BCUT2D eigenvalue weighted by Gasteiger charge is 2.19. The molecule has 0 aliphatic rings. The highest BCUT2D eigenvalue weighted by molar-refractivity contribution is 7.22. The highest BCUT2D eigenvalue weighted by atomic mass is 32.1. The number of rotatable bonds is 6. The Balaban J connectivity index is 1.46. The summed E-state index contributed by atoms with van der Waals surface area (Å²) in [7, 11) is 3.13. The molecule has 5 rings (SSSR count). The number of thiazole rings is 1. The van der Waals surface area contributed by atoms with Crippen molar-refractivity contribution in [2.45, 2.75) is 13.8 Å². The smallest absolute Gasteiger partial charge is 0.259 e. The van der Waals surface area contributed by atoms with Crippen molar-refractivity contribution in [3.63, 3.8) is 0 Å². The van der Waals surface area contributed by atoms with Crippen LogP contribution in [0.25, 0.3) is 32.9 Å². The molecular weight excluding hydrogens is 478 g/mol. The van der Waals surface area contributed by atoms with Crippen molar-refractivity contribution >= 4 is 32.7 Å². The van der Waals surface area contributed by atoms with Crippen LogP contribution in [0.4, 0.5) is 5.13 Å². The number of nitrogens with zero attached hydrogens (tertiary/aromatic N) is 6. The fourth-order valence-corrected chi connectivity index (χ4v) is 4.42. The van der Waals surface area contributed by atoms with Gasteiger partial charge < -0.3 is 9.47 Å². The van der Waals surface area contributed by atoms with Gasteiger partial charge in [-0.25, -0.2) is 19.9 Å². The quantitative estimate of drug-likeness (QED) is 0.360. The minimum Gasteiger partial charge on any atom is -0.494 e. The topological polar surface area (TPSA) is 125 Å². The molecule has 0 aromatic carbocycles. The lowest BCUT2D eigenvalue weighted by molar-refractivity contribution is 0.102. The molecule has 11 heteroatoms. The zero-order chi connectivity index (χ0) is 25.2. The fourth-order valence-electron chi connectivity index (χ4n) is 3.61. The number of pyridine rings is 3. The first-order valence-electron chi connectivity index (χ1n) is 10.9. The van der Waals surface area contributed by atoms with E-state index in [1.165, 1.54) is 11.3 Å². The van der Waals surface area contributed by atoms with E-state index in [0.717, 1.165) is 22.5 Å². The zero-order valence-electron chi connectivity index (χ0n) is 19.9. The molecule has 1 N–H and O–H groups in total. The molecule has 0 saturated carbocycles. The Morgan fingerprint density at radius 3 is 2.36 bits per heavy atom. The first-order chi connectivity index (χ1) is 17.4. The van der Waals surface area contributed by atoms with E-state index in [1.54, 1.807) is 45.1 Å². The van der Waals surface area contributed by atoms with E-state index in [2.05, 4.69) is 35.2 Å². The Labute approximate surface area is 210 Å². The summed E-state index contributed by atoms with van der Waals surface area (Å²) in [6, 6.07) is 7.31. The van der Waals surface area contributed by atoms with Gasteiger partial charge in [-0.2, -0.15) is 0 Å². The molecule has 0 saturated heterocycles. The van der Waals surface area contributed by atoms with Gasteiger partial charge in [0.05, 0.1) is 32.2 Å². The van der Waals surface area contributed by atoms with E-state index in [1.807, 2.05) is 32.0 Å². The Morgan fingerprint density at radius 1 is 0.861 bits per heavy atom. The average molecular weight is 500 g/mol. The van der Waals surface area contributed by atoms with Gasteiger partial charge in [0.15, 0.2) is 11.0 Å².